The molecule has 0 unspecified atom stereocenters. The molecular formula is C12H19N5O4S. The molecule has 122 valence electrons. The molecule has 2 rings (SSSR count). The number of primary amides is 1. The van der Waals surface area contributed by atoms with Crippen LogP contribution in [0.15, 0.2) is 12.4 Å². The molecule has 0 aromatic carbocycles. The number of hydrogen-bond donors (Lipinski definition) is 1. The van der Waals surface area contributed by atoms with Crippen LogP contribution in [0.1, 0.15) is 10.4 Å². The van der Waals surface area contributed by atoms with Crippen molar-refractivity contribution in [3.05, 3.63) is 18.0 Å². The van der Waals surface area contributed by atoms with Crippen LogP contribution in [0.3, 0.4) is 0 Å². The summed E-state index contributed by atoms with van der Waals surface area (Å²) >= 11 is 0. The lowest BCUT2D eigenvalue weighted by Crippen LogP contribution is -2.41. The van der Waals surface area contributed by atoms with Gasteiger partial charge in [-0.05, 0) is 0 Å². The second-order valence-electron chi connectivity index (χ2n) is 5.37. The van der Waals surface area contributed by atoms with Crippen molar-refractivity contribution < 1.29 is 18.0 Å². The van der Waals surface area contributed by atoms with Gasteiger partial charge in [0.1, 0.15) is 0 Å². The van der Waals surface area contributed by atoms with E-state index in [1.54, 1.807) is 13.2 Å². The number of nitrogens with two attached hydrogens (primary N) is 1. The lowest BCUT2D eigenvalue weighted by molar-refractivity contribution is -0.122. The molecule has 10 heteroatoms. The molecule has 1 atom stereocenters. The molecule has 1 fully saturated rings. The quantitative estimate of drug-likeness (QED) is 0.704. The Balaban J connectivity index is 2.23. The van der Waals surface area contributed by atoms with E-state index < -0.39 is 21.8 Å². The summed E-state index contributed by atoms with van der Waals surface area (Å²) in [6.45, 7) is 0.416. The SMILES string of the molecule is Cn1cc(C(=O)N2CCN(S(C)(=O)=O)C[C@H](C(N)=O)C2)cn1. The van der Waals surface area contributed by atoms with Crippen LogP contribution < -0.4 is 5.73 Å². The van der Waals surface area contributed by atoms with Crippen molar-refractivity contribution in [2.75, 3.05) is 32.4 Å². The zero-order valence-corrected chi connectivity index (χ0v) is 13.3. The molecule has 0 bridgehead atoms. The van der Waals surface area contributed by atoms with Gasteiger partial charge in [-0.25, -0.2) is 8.42 Å². The summed E-state index contributed by atoms with van der Waals surface area (Å²) in [7, 11) is -1.76. The highest BCUT2D eigenvalue weighted by Crippen LogP contribution is 2.15. The topological polar surface area (TPSA) is 119 Å². The Bertz CT molecular complexity index is 683. The van der Waals surface area contributed by atoms with Crippen LogP contribution in [0.2, 0.25) is 0 Å². The Morgan fingerprint density at radius 3 is 2.50 bits per heavy atom. The zero-order chi connectivity index (χ0) is 16.5. The minimum atomic E-state index is -3.45. The largest absolute Gasteiger partial charge is 0.369 e. The summed E-state index contributed by atoms with van der Waals surface area (Å²) in [6.07, 6.45) is 4.07. The van der Waals surface area contributed by atoms with Crippen molar-refractivity contribution in [3.8, 4) is 0 Å². The molecular weight excluding hydrogens is 310 g/mol. The van der Waals surface area contributed by atoms with Gasteiger partial charge in [0, 0.05) is 39.4 Å². The third-order valence-electron chi connectivity index (χ3n) is 3.59. The zero-order valence-electron chi connectivity index (χ0n) is 12.5. The number of nitrogens with zero attached hydrogens (tertiary/aromatic N) is 4. The van der Waals surface area contributed by atoms with Gasteiger partial charge in [-0.3, -0.25) is 14.3 Å². The molecule has 2 N–H and O–H groups in total. The molecule has 22 heavy (non-hydrogen) atoms. The number of carbonyl (C=O) groups excluding carboxylic acids is 2. The van der Waals surface area contributed by atoms with Gasteiger partial charge in [-0.2, -0.15) is 9.40 Å². The Hall–Kier alpha value is -1.94. The van der Waals surface area contributed by atoms with Crippen LogP contribution >= 0.6 is 0 Å². The summed E-state index contributed by atoms with van der Waals surface area (Å²) in [4.78, 5) is 25.4. The smallest absolute Gasteiger partial charge is 0.257 e. The van der Waals surface area contributed by atoms with Crippen LogP contribution in [-0.4, -0.2) is 71.7 Å². The van der Waals surface area contributed by atoms with Gasteiger partial charge >= 0.3 is 0 Å². The maximum Gasteiger partial charge on any atom is 0.257 e. The molecule has 0 saturated carbocycles. The van der Waals surface area contributed by atoms with Crippen LogP contribution in [-0.2, 0) is 21.9 Å². The fourth-order valence-corrected chi connectivity index (χ4v) is 3.23. The molecule has 9 nitrogen and oxygen atoms in total. The first-order chi connectivity index (χ1) is 10.2. The Morgan fingerprint density at radius 1 is 1.32 bits per heavy atom. The van der Waals surface area contributed by atoms with E-state index in [0.29, 0.717) is 5.56 Å². The van der Waals surface area contributed by atoms with Crippen LogP contribution in [0.4, 0.5) is 0 Å². The first kappa shape index (κ1) is 16.4. The van der Waals surface area contributed by atoms with E-state index in [4.69, 9.17) is 5.73 Å². The van der Waals surface area contributed by atoms with Crippen molar-refractivity contribution in [2.45, 2.75) is 0 Å². The van der Waals surface area contributed by atoms with Crippen LogP contribution in [0, 0.1) is 5.92 Å². The Kier molecular flexibility index (Phi) is 4.52. The number of aromatic nitrogens is 2. The van der Waals surface area contributed by atoms with Crippen molar-refractivity contribution in [2.24, 2.45) is 18.7 Å². The maximum atomic E-state index is 12.4. The summed E-state index contributed by atoms with van der Waals surface area (Å²) in [6, 6.07) is 0. The van der Waals surface area contributed by atoms with Crippen molar-refractivity contribution in [3.63, 3.8) is 0 Å². The molecule has 1 aliphatic heterocycles. The van der Waals surface area contributed by atoms with Gasteiger partial charge < -0.3 is 10.6 Å². The van der Waals surface area contributed by atoms with E-state index in [-0.39, 0.29) is 32.1 Å². The van der Waals surface area contributed by atoms with Crippen molar-refractivity contribution >= 4 is 21.8 Å². The standard InChI is InChI=1S/C12H19N5O4S/c1-15-6-9(5-14-15)12(19)16-3-4-17(22(2,20)21)8-10(7-16)11(13)18/h5-6,10H,3-4,7-8H2,1-2H3,(H2,13,18)/t10-/m1/s1. The summed E-state index contributed by atoms with van der Waals surface area (Å²) in [5.74, 6) is -1.66. The van der Waals surface area contributed by atoms with Gasteiger partial charge in [0.15, 0.2) is 0 Å². The molecule has 1 aliphatic rings. The van der Waals surface area contributed by atoms with Gasteiger partial charge in [0.2, 0.25) is 15.9 Å². The molecule has 1 aromatic rings. The molecule has 2 amide bonds. The lowest BCUT2D eigenvalue weighted by atomic mass is 10.1. The second-order valence-corrected chi connectivity index (χ2v) is 7.36. The average Bonchev–Trinajstić information content (AvgIpc) is 2.72. The first-order valence-electron chi connectivity index (χ1n) is 6.71. The van der Waals surface area contributed by atoms with E-state index in [1.807, 2.05) is 0 Å². The molecule has 0 spiro atoms. The molecule has 2 heterocycles. The monoisotopic (exact) mass is 329 g/mol. The van der Waals surface area contributed by atoms with Crippen LogP contribution in [0.25, 0.3) is 0 Å². The molecule has 1 saturated heterocycles. The van der Waals surface area contributed by atoms with Gasteiger partial charge in [0.05, 0.1) is 23.9 Å². The Labute approximate surface area is 128 Å². The van der Waals surface area contributed by atoms with Crippen molar-refractivity contribution in [1.82, 2.24) is 19.0 Å². The number of hydrogen-bond acceptors (Lipinski definition) is 5. The summed E-state index contributed by atoms with van der Waals surface area (Å²) < 4.78 is 26.1. The highest BCUT2D eigenvalue weighted by Gasteiger charge is 2.32. The fraction of sp³-hybridized carbons (Fsp3) is 0.583. The number of amides is 2. The molecule has 0 radical (unpaired) electrons. The predicted molar refractivity (Wildman–Crippen MR) is 78.2 cm³/mol. The van der Waals surface area contributed by atoms with Gasteiger partial charge in [0.25, 0.3) is 5.91 Å². The highest BCUT2D eigenvalue weighted by atomic mass is 32.2. The van der Waals surface area contributed by atoms with Crippen molar-refractivity contribution in [1.29, 1.82) is 0 Å². The second kappa shape index (κ2) is 6.05. The van der Waals surface area contributed by atoms with E-state index in [1.165, 1.54) is 20.1 Å². The highest BCUT2D eigenvalue weighted by molar-refractivity contribution is 7.88. The maximum absolute atomic E-state index is 12.4. The molecule has 0 aliphatic carbocycles. The summed E-state index contributed by atoms with van der Waals surface area (Å²) in [5, 5.41) is 3.94. The average molecular weight is 329 g/mol. The van der Waals surface area contributed by atoms with Gasteiger partial charge in [-0.15, -0.1) is 0 Å². The number of sulfonamides is 1. The number of carbonyl (C=O) groups is 2. The normalized spacial score (nSPS) is 20.6. The number of rotatable bonds is 3. The first-order valence-corrected chi connectivity index (χ1v) is 8.55. The fourth-order valence-electron chi connectivity index (χ4n) is 2.36. The Morgan fingerprint density at radius 2 is 2.00 bits per heavy atom. The third-order valence-corrected chi connectivity index (χ3v) is 4.86. The van der Waals surface area contributed by atoms with Crippen LogP contribution in [0.5, 0.6) is 0 Å². The van der Waals surface area contributed by atoms with Gasteiger partial charge in [-0.1, -0.05) is 0 Å². The van der Waals surface area contributed by atoms with E-state index >= 15 is 0 Å². The lowest BCUT2D eigenvalue weighted by Gasteiger charge is -2.21. The minimum absolute atomic E-state index is 0.00894. The summed E-state index contributed by atoms with van der Waals surface area (Å²) in [5.41, 5.74) is 5.72. The number of aryl methyl sites for hydroxylation is 1. The third kappa shape index (κ3) is 3.63. The predicted octanol–water partition coefficient (Wildman–Crippen LogP) is -1.76. The minimum Gasteiger partial charge on any atom is -0.369 e. The molecule has 1 aromatic heterocycles. The van der Waals surface area contributed by atoms with E-state index in [2.05, 4.69) is 5.10 Å². The van der Waals surface area contributed by atoms with E-state index in [9.17, 15) is 18.0 Å². The van der Waals surface area contributed by atoms with E-state index in [0.717, 1.165) is 6.26 Å².